The number of rotatable bonds is 8. The van der Waals surface area contributed by atoms with E-state index in [1.807, 2.05) is 25.1 Å². The largest absolute Gasteiger partial charge is 0.493 e. The Hall–Kier alpha value is -1.50. The average Bonchev–Trinajstić information content (AvgIpc) is 2.60. The van der Waals surface area contributed by atoms with Gasteiger partial charge in [0, 0.05) is 19.0 Å². The van der Waals surface area contributed by atoms with Gasteiger partial charge < -0.3 is 24.8 Å². The van der Waals surface area contributed by atoms with Crippen molar-refractivity contribution in [3.63, 3.8) is 0 Å². The molecule has 0 aromatic heterocycles. The number of morpholine rings is 1. The number of halogens is 1. The second-order valence-electron chi connectivity index (χ2n) is 5.98. The third-order valence-electron chi connectivity index (χ3n) is 3.96. The Labute approximate surface area is 156 Å². The molecule has 1 aliphatic rings. The molecule has 2 N–H and O–H groups in total. The van der Waals surface area contributed by atoms with Crippen LogP contribution in [0.1, 0.15) is 38.3 Å². The van der Waals surface area contributed by atoms with Gasteiger partial charge in [-0.25, -0.2) is 0 Å². The van der Waals surface area contributed by atoms with Gasteiger partial charge in [-0.15, -0.1) is 12.4 Å². The standard InChI is InChI=1S/C18H28N2O4.ClH/c1-4-8-24-16-6-5-14(10-17(16)22-3)13(2)20-18(21)11-15-12-23-9-7-19-15;/h5-6,10,13,15,19H,4,7-9,11-12H2,1-3H3,(H,20,21);1H. The number of carbonyl (C=O) groups is 1. The molecule has 2 rings (SSSR count). The summed E-state index contributed by atoms with van der Waals surface area (Å²) in [6.07, 6.45) is 1.36. The number of hydrogen-bond donors (Lipinski definition) is 2. The number of benzene rings is 1. The summed E-state index contributed by atoms with van der Waals surface area (Å²) in [5.74, 6) is 1.42. The van der Waals surface area contributed by atoms with E-state index in [-0.39, 0.29) is 30.4 Å². The Balaban J connectivity index is 0.00000312. The van der Waals surface area contributed by atoms with Crippen LogP contribution in [0.25, 0.3) is 0 Å². The lowest BCUT2D eigenvalue weighted by molar-refractivity contribution is -0.122. The van der Waals surface area contributed by atoms with Crippen molar-refractivity contribution in [2.45, 2.75) is 38.8 Å². The second kappa shape index (κ2) is 11.2. The van der Waals surface area contributed by atoms with Crippen molar-refractivity contribution in [2.24, 2.45) is 0 Å². The lowest BCUT2D eigenvalue weighted by Gasteiger charge is -2.24. The van der Waals surface area contributed by atoms with Gasteiger partial charge in [0.05, 0.1) is 33.0 Å². The lowest BCUT2D eigenvalue weighted by Crippen LogP contribution is -2.44. The van der Waals surface area contributed by atoms with Crippen molar-refractivity contribution in [3.05, 3.63) is 23.8 Å². The highest BCUT2D eigenvalue weighted by molar-refractivity contribution is 5.85. The summed E-state index contributed by atoms with van der Waals surface area (Å²) in [5.41, 5.74) is 0.983. The molecule has 0 spiro atoms. The van der Waals surface area contributed by atoms with Crippen LogP contribution in [-0.2, 0) is 9.53 Å². The third kappa shape index (κ3) is 6.72. The molecule has 0 saturated carbocycles. The first-order valence-corrected chi connectivity index (χ1v) is 8.55. The van der Waals surface area contributed by atoms with Crippen molar-refractivity contribution in [2.75, 3.05) is 33.5 Å². The molecule has 1 aromatic rings. The molecule has 7 heteroatoms. The van der Waals surface area contributed by atoms with Gasteiger partial charge in [0.1, 0.15) is 0 Å². The summed E-state index contributed by atoms with van der Waals surface area (Å²) >= 11 is 0. The predicted molar refractivity (Wildman–Crippen MR) is 99.8 cm³/mol. The molecular weight excluding hydrogens is 344 g/mol. The fraction of sp³-hybridized carbons (Fsp3) is 0.611. The molecule has 1 heterocycles. The molecule has 0 radical (unpaired) electrons. The molecule has 1 saturated heterocycles. The summed E-state index contributed by atoms with van der Waals surface area (Å²) in [7, 11) is 1.62. The normalized spacial score (nSPS) is 18.0. The number of methoxy groups -OCH3 is 1. The highest BCUT2D eigenvalue weighted by Gasteiger charge is 2.19. The first-order valence-electron chi connectivity index (χ1n) is 8.55. The summed E-state index contributed by atoms with van der Waals surface area (Å²) < 4.78 is 16.4. The van der Waals surface area contributed by atoms with Crippen LogP contribution in [0.3, 0.4) is 0 Å². The maximum atomic E-state index is 12.2. The molecule has 2 atom stereocenters. The Morgan fingerprint density at radius 3 is 2.88 bits per heavy atom. The van der Waals surface area contributed by atoms with Gasteiger partial charge in [0.2, 0.25) is 5.91 Å². The van der Waals surface area contributed by atoms with E-state index in [9.17, 15) is 4.79 Å². The number of hydrogen-bond acceptors (Lipinski definition) is 5. The summed E-state index contributed by atoms with van der Waals surface area (Å²) in [6.45, 7) is 6.76. The van der Waals surface area contributed by atoms with E-state index >= 15 is 0 Å². The molecule has 1 aliphatic heterocycles. The van der Waals surface area contributed by atoms with Crippen molar-refractivity contribution in [1.82, 2.24) is 10.6 Å². The van der Waals surface area contributed by atoms with E-state index in [1.165, 1.54) is 0 Å². The molecule has 2 unspecified atom stereocenters. The number of carbonyl (C=O) groups excluding carboxylic acids is 1. The highest BCUT2D eigenvalue weighted by Crippen LogP contribution is 2.30. The van der Waals surface area contributed by atoms with Gasteiger partial charge in [0.15, 0.2) is 11.5 Å². The van der Waals surface area contributed by atoms with Gasteiger partial charge >= 0.3 is 0 Å². The SMILES string of the molecule is CCCOc1ccc(C(C)NC(=O)CC2COCCN2)cc1OC.Cl. The van der Waals surface area contributed by atoms with Crippen molar-refractivity contribution in [3.8, 4) is 11.5 Å². The average molecular weight is 373 g/mol. The van der Waals surface area contributed by atoms with Crippen LogP contribution in [0, 0.1) is 0 Å². The molecule has 0 aliphatic carbocycles. The molecule has 1 amide bonds. The topological polar surface area (TPSA) is 68.8 Å². The molecule has 0 bridgehead atoms. The molecular formula is C18H29ClN2O4. The number of amides is 1. The molecule has 6 nitrogen and oxygen atoms in total. The molecule has 1 aromatic carbocycles. The van der Waals surface area contributed by atoms with Gasteiger partial charge in [0.25, 0.3) is 0 Å². The molecule has 142 valence electrons. The van der Waals surface area contributed by atoms with Crippen LogP contribution in [-0.4, -0.2) is 45.4 Å². The Kier molecular flexibility index (Phi) is 9.63. The van der Waals surface area contributed by atoms with Crippen molar-refractivity contribution in [1.29, 1.82) is 0 Å². The first-order chi connectivity index (χ1) is 11.6. The molecule has 25 heavy (non-hydrogen) atoms. The molecule has 1 fully saturated rings. The van der Waals surface area contributed by atoms with Crippen LogP contribution in [0.4, 0.5) is 0 Å². The van der Waals surface area contributed by atoms with Gasteiger partial charge in [-0.05, 0) is 31.0 Å². The fourth-order valence-corrected chi connectivity index (χ4v) is 2.64. The lowest BCUT2D eigenvalue weighted by atomic mass is 10.1. The monoisotopic (exact) mass is 372 g/mol. The first kappa shape index (κ1) is 21.5. The Morgan fingerprint density at radius 2 is 2.24 bits per heavy atom. The van der Waals surface area contributed by atoms with E-state index in [4.69, 9.17) is 14.2 Å². The van der Waals surface area contributed by atoms with Gasteiger partial charge in [-0.1, -0.05) is 13.0 Å². The highest BCUT2D eigenvalue weighted by atomic mass is 35.5. The van der Waals surface area contributed by atoms with Gasteiger partial charge in [-0.3, -0.25) is 4.79 Å². The van der Waals surface area contributed by atoms with Crippen molar-refractivity contribution < 1.29 is 19.0 Å². The van der Waals surface area contributed by atoms with Crippen molar-refractivity contribution >= 4 is 18.3 Å². The zero-order valence-corrected chi connectivity index (χ0v) is 16.0. The summed E-state index contributed by atoms with van der Waals surface area (Å²) in [5, 5.41) is 6.31. The van der Waals surface area contributed by atoms with Gasteiger partial charge in [-0.2, -0.15) is 0 Å². The second-order valence-corrected chi connectivity index (χ2v) is 5.98. The van der Waals surface area contributed by atoms with Crippen LogP contribution in [0.5, 0.6) is 11.5 Å². The van der Waals surface area contributed by atoms with E-state index < -0.39 is 0 Å². The minimum absolute atomic E-state index is 0. The van der Waals surface area contributed by atoms with Crippen LogP contribution < -0.4 is 20.1 Å². The van der Waals surface area contributed by atoms with Crippen LogP contribution in [0.2, 0.25) is 0 Å². The van der Waals surface area contributed by atoms with E-state index in [1.54, 1.807) is 7.11 Å². The fourth-order valence-electron chi connectivity index (χ4n) is 2.64. The maximum Gasteiger partial charge on any atom is 0.222 e. The van der Waals surface area contributed by atoms with E-state index in [2.05, 4.69) is 17.6 Å². The maximum absolute atomic E-state index is 12.2. The smallest absolute Gasteiger partial charge is 0.222 e. The Bertz CT molecular complexity index is 536. The summed E-state index contributed by atoms with van der Waals surface area (Å²) in [6, 6.07) is 5.75. The summed E-state index contributed by atoms with van der Waals surface area (Å²) in [4.78, 5) is 12.2. The zero-order valence-electron chi connectivity index (χ0n) is 15.2. The van der Waals surface area contributed by atoms with E-state index in [0.717, 1.165) is 24.3 Å². The van der Waals surface area contributed by atoms with Crippen LogP contribution in [0.15, 0.2) is 18.2 Å². The van der Waals surface area contributed by atoms with E-state index in [0.29, 0.717) is 32.0 Å². The minimum Gasteiger partial charge on any atom is -0.493 e. The van der Waals surface area contributed by atoms with Crippen LogP contribution >= 0.6 is 12.4 Å². The third-order valence-corrected chi connectivity index (χ3v) is 3.96. The Morgan fingerprint density at radius 1 is 1.44 bits per heavy atom. The number of nitrogens with one attached hydrogen (secondary N) is 2. The minimum atomic E-state index is -0.101. The quantitative estimate of drug-likeness (QED) is 0.733. The zero-order chi connectivity index (χ0) is 17.4. The number of ether oxygens (including phenoxy) is 3. The predicted octanol–water partition coefficient (Wildman–Crippen LogP) is 2.46.